The van der Waals surface area contributed by atoms with E-state index < -0.39 is 0 Å². The first-order chi connectivity index (χ1) is 13.7. The SMILES string of the molecule is CNC1=CCOCC(Nc2ncc(OCc3cc(C4CC4)ccc3Cl)cn2)C1. The lowest BCUT2D eigenvalue weighted by Crippen LogP contribution is -2.27. The van der Waals surface area contributed by atoms with Gasteiger partial charge in [-0.2, -0.15) is 0 Å². The third-order valence-electron chi connectivity index (χ3n) is 5.03. The molecule has 2 heterocycles. The van der Waals surface area contributed by atoms with Crippen LogP contribution in [0.5, 0.6) is 5.75 Å². The van der Waals surface area contributed by atoms with E-state index in [-0.39, 0.29) is 6.04 Å². The quantitative estimate of drug-likeness (QED) is 0.734. The first kappa shape index (κ1) is 19.0. The first-order valence-electron chi connectivity index (χ1n) is 9.65. The minimum atomic E-state index is 0.122. The van der Waals surface area contributed by atoms with Crippen molar-refractivity contribution in [3.8, 4) is 5.75 Å². The second-order valence-electron chi connectivity index (χ2n) is 7.22. The van der Waals surface area contributed by atoms with E-state index in [0.717, 1.165) is 22.7 Å². The van der Waals surface area contributed by atoms with Crippen molar-refractivity contribution < 1.29 is 9.47 Å². The lowest BCUT2D eigenvalue weighted by molar-refractivity contribution is 0.157. The fourth-order valence-electron chi connectivity index (χ4n) is 3.26. The summed E-state index contributed by atoms with van der Waals surface area (Å²) in [6.07, 6.45) is 8.79. The molecule has 1 aromatic heterocycles. The number of nitrogens with zero attached hydrogens (tertiary/aromatic N) is 2. The number of benzene rings is 1. The molecular weight excluding hydrogens is 376 g/mol. The maximum atomic E-state index is 6.32. The van der Waals surface area contributed by atoms with Gasteiger partial charge in [-0.1, -0.05) is 23.7 Å². The van der Waals surface area contributed by atoms with Crippen molar-refractivity contribution in [3.05, 3.63) is 58.5 Å². The zero-order chi connectivity index (χ0) is 19.3. The van der Waals surface area contributed by atoms with Gasteiger partial charge in [-0.3, -0.25) is 0 Å². The maximum absolute atomic E-state index is 6.32. The zero-order valence-electron chi connectivity index (χ0n) is 16.0. The maximum Gasteiger partial charge on any atom is 0.223 e. The predicted molar refractivity (Wildman–Crippen MR) is 110 cm³/mol. The molecular formula is C21H25ClN4O2. The summed E-state index contributed by atoms with van der Waals surface area (Å²) in [6.45, 7) is 1.63. The molecule has 1 aromatic carbocycles. The van der Waals surface area contributed by atoms with Gasteiger partial charge in [0.2, 0.25) is 5.95 Å². The summed E-state index contributed by atoms with van der Waals surface area (Å²) in [6, 6.07) is 6.34. The summed E-state index contributed by atoms with van der Waals surface area (Å²) in [7, 11) is 1.92. The molecule has 0 saturated heterocycles. The molecule has 1 saturated carbocycles. The van der Waals surface area contributed by atoms with E-state index >= 15 is 0 Å². The van der Waals surface area contributed by atoms with E-state index in [1.54, 1.807) is 12.4 Å². The van der Waals surface area contributed by atoms with Gasteiger partial charge in [-0.15, -0.1) is 0 Å². The van der Waals surface area contributed by atoms with Gasteiger partial charge in [-0.05, 0) is 36.5 Å². The van der Waals surface area contributed by atoms with Crippen LogP contribution >= 0.6 is 11.6 Å². The normalized spacial score (nSPS) is 19.5. The fraction of sp³-hybridized carbons (Fsp3) is 0.429. The summed E-state index contributed by atoms with van der Waals surface area (Å²) in [4.78, 5) is 8.74. The number of anilines is 1. The third-order valence-corrected chi connectivity index (χ3v) is 5.40. The second-order valence-corrected chi connectivity index (χ2v) is 7.63. The smallest absolute Gasteiger partial charge is 0.223 e. The van der Waals surface area contributed by atoms with Crippen LogP contribution in [0.15, 0.2) is 42.4 Å². The summed E-state index contributed by atoms with van der Waals surface area (Å²) in [5, 5.41) is 7.23. The van der Waals surface area contributed by atoms with Crippen LogP contribution in [-0.4, -0.2) is 36.3 Å². The average Bonchev–Trinajstić information content (AvgIpc) is 3.56. The summed E-state index contributed by atoms with van der Waals surface area (Å²) in [5.41, 5.74) is 3.50. The van der Waals surface area contributed by atoms with Crippen molar-refractivity contribution in [2.45, 2.75) is 37.8 Å². The molecule has 2 N–H and O–H groups in total. The largest absolute Gasteiger partial charge is 0.486 e. The van der Waals surface area contributed by atoms with Gasteiger partial charge >= 0.3 is 0 Å². The van der Waals surface area contributed by atoms with E-state index in [4.69, 9.17) is 21.1 Å². The molecule has 2 aromatic rings. The standard InChI is InChI=1S/C21H25ClN4O2/c1-23-17-6-7-27-13-18(9-17)26-21-24-10-19(11-25-21)28-12-16-8-15(14-2-3-14)4-5-20(16)22/h4-6,8,10-11,14,18,23H,2-3,7,9,12-13H2,1H3,(H,24,25,26). The summed E-state index contributed by atoms with van der Waals surface area (Å²) < 4.78 is 11.4. The van der Waals surface area contributed by atoms with Crippen LogP contribution in [0.4, 0.5) is 5.95 Å². The number of ether oxygens (including phenoxy) is 2. The van der Waals surface area contributed by atoms with Crippen LogP contribution in [0.25, 0.3) is 0 Å². The van der Waals surface area contributed by atoms with Crippen molar-refractivity contribution in [1.29, 1.82) is 0 Å². The van der Waals surface area contributed by atoms with Gasteiger partial charge in [0, 0.05) is 29.8 Å². The highest BCUT2D eigenvalue weighted by Crippen LogP contribution is 2.41. The van der Waals surface area contributed by atoms with Crippen LogP contribution in [0.2, 0.25) is 5.02 Å². The number of aromatic nitrogens is 2. The molecule has 0 amide bonds. The van der Waals surface area contributed by atoms with Gasteiger partial charge in [0.15, 0.2) is 5.75 Å². The van der Waals surface area contributed by atoms with Crippen LogP contribution in [0.1, 0.15) is 36.3 Å². The molecule has 4 rings (SSSR count). The minimum Gasteiger partial charge on any atom is -0.486 e. The molecule has 2 aliphatic rings. The Morgan fingerprint density at radius 1 is 1.25 bits per heavy atom. The van der Waals surface area contributed by atoms with E-state index in [2.05, 4.69) is 38.8 Å². The molecule has 28 heavy (non-hydrogen) atoms. The summed E-state index contributed by atoms with van der Waals surface area (Å²) in [5.74, 6) is 1.87. The zero-order valence-corrected chi connectivity index (χ0v) is 16.7. The van der Waals surface area contributed by atoms with E-state index in [1.165, 1.54) is 18.4 Å². The molecule has 1 atom stereocenters. The van der Waals surface area contributed by atoms with Crippen molar-refractivity contribution in [2.75, 3.05) is 25.6 Å². The number of hydrogen-bond donors (Lipinski definition) is 2. The second kappa shape index (κ2) is 8.80. The third kappa shape index (κ3) is 4.94. The van der Waals surface area contributed by atoms with Crippen molar-refractivity contribution >= 4 is 17.5 Å². The predicted octanol–water partition coefficient (Wildman–Crippen LogP) is 3.89. The molecule has 0 radical (unpaired) electrons. The molecule has 1 unspecified atom stereocenters. The van der Waals surface area contributed by atoms with Crippen LogP contribution in [0, 0.1) is 0 Å². The Morgan fingerprint density at radius 2 is 2.07 bits per heavy atom. The Balaban J connectivity index is 1.33. The Kier molecular flexibility index (Phi) is 5.98. The monoisotopic (exact) mass is 400 g/mol. The van der Waals surface area contributed by atoms with E-state index in [9.17, 15) is 0 Å². The van der Waals surface area contributed by atoms with E-state index in [0.29, 0.717) is 37.4 Å². The van der Waals surface area contributed by atoms with Crippen molar-refractivity contribution in [1.82, 2.24) is 15.3 Å². The topological polar surface area (TPSA) is 68.3 Å². The molecule has 1 fully saturated rings. The average molecular weight is 401 g/mol. The Bertz CT molecular complexity index is 837. The summed E-state index contributed by atoms with van der Waals surface area (Å²) >= 11 is 6.32. The van der Waals surface area contributed by atoms with Crippen molar-refractivity contribution in [2.24, 2.45) is 0 Å². The van der Waals surface area contributed by atoms with Gasteiger partial charge in [0.05, 0.1) is 31.6 Å². The van der Waals surface area contributed by atoms with Crippen LogP contribution in [-0.2, 0) is 11.3 Å². The van der Waals surface area contributed by atoms with E-state index in [1.807, 2.05) is 13.1 Å². The number of halogens is 1. The van der Waals surface area contributed by atoms with Gasteiger partial charge < -0.3 is 20.1 Å². The van der Waals surface area contributed by atoms with Crippen LogP contribution in [0.3, 0.4) is 0 Å². The number of hydrogen-bond acceptors (Lipinski definition) is 6. The molecule has 7 heteroatoms. The van der Waals surface area contributed by atoms with Gasteiger partial charge in [0.1, 0.15) is 6.61 Å². The highest BCUT2D eigenvalue weighted by atomic mass is 35.5. The van der Waals surface area contributed by atoms with Gasteiger partial charge in [0.25, 0.3) is 0 Å². The molecule has 0 spiro atoms. The Hall–Kier alpha value is -2.31. The minimum absolute atomic E-state index is 0.122. The highest BCUT2D eigenvalue weighted by molar-refractivity contribution is 6.31. The molecule has 1 aliphatic heterocycles. The lowest BCUT2D eigenvalue weighted by Gasteiger charge is -2.17. The Labute approximate surface area is 170 Å². The first-order valence-corrected chi connectivity index (χ1v) is 10.0. The van der Waals surface area contributed by atoms with Gasteiger partial charge in [-0.25, -0.2) is 9.97 Å². The highest BCUT2D eigenvalue weighted by Gasteiger charge is 2.24. The molecule has 148 valence electrons. The lowest BCUT2D eigenvalue weighted by atomic mass is 10.1. The molecule has 1 aliphatic carbocycles. The van der Waals surface area contributed by atoms with Crippen molar-refractivity contribution in [3.63, 3.8) is 0 Å². The number of rotatable bonds is 7. The Morgan fingerprint density at radius 3 is 2.82 bits per heavy atom. The molecule has 6 nitrogen and oxygen atoms in total. The fourth-order valence-corrected chi connectivity index (χ4v) is 3.43. The number of nitrogens with one attached hydrogen (secondary N) is 2. The van der Waals surface area contributed by atoms with Crippen LogP contribution < -0.4 is 15.4 Å². The molecule has 0 bridgehead atoms.